The van der Waals surface area contributed by atoms with Crippen molar-refractivity contribution in [3.8, 4) is 5.88 Å². The average molecular weight is 318 g/mol. The Morgan fingerprint density at radius 1 is 1.13 bits per heavy atom. The lowest BCUT2D eigenvalue weighted by molar-refractivity contribution is 0.0587. The van der Waals surface area contributed by atoms with E-state index >= 15 is 0 Å². The first-order valence-corrected chi connectivity index (χ1v) is 7.45. The standard InChI is InChI=1S/C17H16F2N2O2/c18-14-5-4-12(11-15(14)19)17(22)21-9-6-13(7-10-21)23-16-3-1-2-8-20-16/h1-5,8,11,13H,6-7,9-10H2. The topological polar surface area (TPSA) is 42.4 Å². The van der Waals surface area contributed by atoms with Gasteiger partial charge in [-0.25, -0.2) is 13.8 Å². The summed E-state index contributed by atoms with van der Waals surface area (Å²) in [4.78, 5) is 18.1. The van der Waals surface area contributed by atoms with E-state index < -0.39 is 11.6 Å². The first-order valence-electron chi connectivity index (χ1n) is 7.45. The zero-order valence-electron chi connectivity index (χ0n) is 12.4. The van der Waals surface area contributed by atoms with Crippen molar-refractivity contribution in [2.75, 3.05) is 13.1 Å². The number of carbonyl (C=O) groups is 1. The summed E-state index contributed by atoms with van der Waals surface area (Å²) in [6.45, 7) is 1.02. The molecule has 1 amide bonds. The fourth-order valence-corrected chi connectivity index (χ4v) is 2.58. The van der Waals surface area contributed by atoms with Crippen LogP contribution < -0.4 is 4.74 Å². The molecule has 1 aliphatic rings. The highest BCUT2D eigenvalue weighted by atomic mass is 19.2. The van der Waals surface area contributed by atoms with E-state index in [1.54, 1.807) is 17.2 Å². The molecule has 1 aromatic carbocycles. The minimum atomic E-state index is -1.01. The van der Waals surface area contributed by atoms with Crippen molar-refractivity contribution < 1.29 is 18.3 Å². The van der Waals surface area contributed by atoms with Crippen molar-refractivity contribution in [1.82, 2.24) is 9.88 Å². The SMILES string of the molecule is O=C(c1ccc(F)c(F)c1)N1CCC(Oc2ccccn2)CC1. The van der Waals surface area contributed by atoms with Crippen LogP contribution in [-0.2, 0) is 0 Å². The highest BCUT2D eigenvalue weighted by molar-refractivity contribution is 5.94. The van der Waals surface area contributed by atoms with Crippen LogP contribution in [0.1, 0.15) is 23.2 Å². The fourth-order valence-electron chi connectivity index (χ4n) is 2.58. The van der Waals surface area contributed by atoms with Gasteiger partial charge in [0.1, 0.15) is 6.10 Å². The van der Waals surface area contributed by atoms with Crippen LogP contribution in [0.4, 0.5) is 8.78 Å². The van der Waals surface area contributed by atoms with Crippen molar-refractivity contribution in [3.05, 3.63) is 59.8 Å². The first-order chi connectivity index (χ1) is 11.1. The van der Waals surface area contributed by atoms with Crippen LogP contribution >= 0.6 is 0 Å². The molecule has 1 aromatic heterocycles. The molecule has 1 saturated heterocycles. The lowest BCUT2D eigenvalue weighted by atomic mass is 10.1. The van der Waals surface area contributed by atoms with Crippen LogP contribution in [0.15, 0.2) is 42.6 Å². The third-order valence-corrected chi connectivity index (χ3v) is 3.82. The predicted molar refractivity (Wildman–Crippen MR) is 80.1 cm³/mol. The number of likely N-dealkylation sites (tertiary alicyclic amines) is 1. The van der Waals surface area contributed by atoms with Gasteiger partial charge in [0.2, 0.25) is 5.88 Å². The molecule has 120 valence electrons. The zero-order valence-corrected chi connectivity index (χ0v) is 12.4. The number of rotatable bonds is 3. The van der Waals surface area contributed by atoms with E-state index in [9.17, 15) is 13.6 Å². The molecule has 4 nitrogen and oxygen atoms in total. The minimum Gasteiger partial charge on any atom is -0.474 e. The van der Waals surface area contributed by atoms with Crippen molar-refractivity contribution in [1.29, 1.82) is 0 Å². The zero-order chi connectivity index (χ0) is 16.2. The molecule has 0 unspecified atom stereocenters. The number of piperidine rings is 1. The summed E-state index contributed by atoms with van der Waals surface area (Å²) in [5, 5.41) is 0. The molecule has 0 saturated carbocycles. The average Bonchev–Trinajstić information content (AvgIpc) is 2.58. The van der Waals surface area contributed by atoms with Gasteiger partial charge >= 0.3 is 0 Å². The van der Waals surface area contributed by atoms with Gasteiger partial charge in [0.05, 0.1) is 0 Å². The molecule has 0 spiro atoms. The summed E-state index contributed by atoms with van der Waals surface area (Å²) in [5.41, 5.74) is 0.160. The maximum absolute atomic E-state index is 13.2. The molecule has 1 fully saturated rings. The van der Waals surface area contributed by atoms with Gasteiger partial charge in [-0.15, -0.1) is 0 Å². The maximum Gasteiger partial charge on any atom is 0.253 e. The second kappa shape index (κ2) is 6.73. The van der Waals surface area contributed by atoms with Gasteiger partial charge in [0, 0.05) is 43.8 Å². The van der Waals surface area contributed by atoms with E-state index in [1.807, 2.05) is 12.1 Å². The summed E-state index contributed by atoms with van der Waals surface area (Å²) >= 11 is 0. The molecule has 1 aliphatic heterocycles. The Labute approximate surface area is 132 Å². The summed E-state index contributed by atoms with van der Waals surface area (Å²) in [5.74, 6) is -1.69. The number of halogens is 2. The monoisotopic (exact) mass is 318 g/mol. The van der Waals surface area contributed by atoms with Gasteiger partial charge in [-0.1, -0.05) is 6.07 Å². The largest absolute Gasteiger partial charge is 0.474 e. The van der Waals surface area contributed by atoms with Crippen LogP contribution in [0.3, 0.4) is 0 Å². The summed E-state index contributed by atoms with van der Waals surface area (Å²) in [6.07, 6.45) is 3.01. The summed E-state index contributed by atoms with van der Waals surface area (Å²) in [6, 6.07) is 8.67. The third-order valence-electron chi connectivity index (χ3n) is 3.82. The number of nitrogens with zero attached hydrogens (tertiary/aromatic N) is 2. The Kier molecular flexibility index (Phi) is 4.50. The number of carbonyl (C=O) groups excluding carboxylic acids is 1. The minimum absolute atomic E-state index is 0.00101. The molecule has 23 heavy (non-hydrogen) atoms. The maximum atomic E-state index is 13.2. The van der Waals surface area contributed by atoms with Gasteiger partial charge in [-0.3, -0.25) is 4.79 Å². The molecule has 0 bridgehead atoms. The van der Waals surface area contributed by atoms with E-state index in [-0.39, 0.29) is 17.6 Å². The Morgan fingerprint density at radius 3 is 2.57 bits per heavy atom. The third kappa shape index (κ3) is 3.64. The Balaban J connectivity index is 1.58. The molecular weight excluding hydrogens is 302 g/mol. The van der Waals surface area contributed by atoms with E-state index in [1.165, 1.54) is 6.07 Å². The van der Waals surface area contributed by atoms with Crippen LogP contribution in [-0.4, -0.2) is 35.0 Å². The lowest BCUT2D eigenvalue weighted by Gasteiger charge is -2.32. The highest BCUT2D eigenvalue weighted by Gasteiger charge is 2.25. The second-order valence-corrected chi connectivity index (χ2v) is 5.41. The Bertz CT molecular complexity index is 686. The predicted octanol–water partition coefficient (Wildman–Crippen LogP) is 3.04. The summed E-state index contributed by atoms with van der Waals surface area (Å²) < 4.78 is 31.9. The number of hydrogen-bond acceptors (Lipinski definition) is 3. The Hall–Kier alpha value is -2.50. The number of amides is 1. The quantitative estimate of drug-likeness (QED) is 0.873. The van der Waals surface area contributed by atoms with Crippen LogP contribution in [0, 0.1) is 11.6 Å². The van der Waals surface area contributed by atoms with E-state index in [0.717, 1.165) is 12.1 Å². The van der Waals surface area contributed by atoms with E-state index in [2.05, 4.69) is 4.98 Å². The van der Waals surface area contributed by atoms with Gasteiger partial charge < -0.3 is 9.64 Å². The highest BCUT2D eigenvalue weighted by Crippen LogP contribution is 2.19. The lowest BCUT2D eigenvalue weighted by Crippen LogP contribution is -2.41. The van der Waals surface area contributed by atoms with Crippen LogP contribution in [0.5, 0.6) is 5.88 Å². The normalized spacial score (nSPS) is 15.5. The van der Waals surface area contributed by atoms with Gasteiger partial charge in [0.25, 0.3) is 5.91 Å². The molecule has 2 heterocycles. The van der Waals surface area contributed by atoms with Crippen LogP contribution in [0.25, 0.3) is 0 Å². The van der Waals surface area contributed by atoms with Gasteiger partial charge in [0.15, 0.2) is 11.6 Å². The number of hydrogen-bond donors (Lipinski definition) is 0. The smallest absolute Gasteiger partial charge is 0.253 e. The van der Waals surface area contributed by atoms with Crippen molar-refractivity contribution in [2.24, 2.45) is 0 Å². The van der Waals surface area contributed by atoms with Crippen LogP contribution in [0.2, 0.25) is 0 Å². The molecule has 0 atom stereocenters. The van der Waals surface area contributed by atoms with Crippen molar-refractivity contribution in [3.63, 3.8) is 0 Å². The van der Waals surface area contributed by atoms with Crippen molar-refractivity contribution in [2.45, 2.75) is 18.9 Å². The molecule has 0 aliphatic carbocycles. The summed E-state index contributed by atoms with van der Waals surface area (Å²) in [7, 11) is 0. The number of pyridine rings is 1. The van der Waals surface area contributed by atoms with Gasteiger partial charge in [-0.05, 0) is 24.3 Å². The molecule has 6 heteroatoms. The molecule has 2 aromatic rings. The molecule has 0 N–H and O–H groups in total. The van der Waals surface area contributed by atoms with E-state index in [4.69, 9.17) is 4.74 Å². The Morgan fingerprint density at radius 2 is 1.91 bits per heavy atom. The molecular formula is C17H16F2N2O2. The number of aromatic nitrogens is 1. The first kappa shape index (κ1) is 15.4. The van der Waals surface area contributed by atoms with E-state index in [0.29, 0.717) is 31.8 Å². The number of benzene rings is 1. The molecule has 3 rings (SSSR count). The number of ether oxygens (including phenoxy) is 1. The van der Waals surface area contributed by atoms with Gasteiger partial charge in [-0.2, -0.15) is 0 Å². The van der Waals surface area contributed by atoms with Crippen molar-refractivity contribution >= 4 is 5.91 Å². The second-order valence-electron chi connectivity index (χ2n) is 5.41. The fraction of sp³-hybridized carbons (Fsp3) is 0.294. The molecule has 0 radical (unpaired) electrons.